The summed E-state index contributed by atoms with van der Waals surface area (Å²) in [7, 11) is -1.30. The molecule has 0 aromatic carbocycles. The normalized spacial score (nSPS) is 13.2. The monoisotopic (exact) mass is 561 g/mol. The first-order chi connectivity index (χ1) is 14.4. The van der Waals surface area contributed by atoms with Gasteiger partial charge in [0.25, 0.3) is 0 Å². The van der Waals surface area contributed by atoms with Crippen LogP contribution < -0.4 is 0 Å². The van der Waals surface area contributed by atoms with Crippen molar-refractivity contribution in [3.8, 4) is 0 Å². The van der Waals surface area contributed by atoms with Crippen LogP contribution in [0.2, 0.25) is 43.4 Å². The van der Waals surface area contributed by atoms with Gasteiger partial charge in [-0.25, -0.2) is 0 Å². The van der Waals surface area contributed by atoms with E-state index in [4.69, 9.17) is 4.74 Å². The van der Waals surface area contributed by atoms with Crippen molar-refractivity contribution in [2.75, 3.05) is 0 Å². The molecule has 0 aliphatic rings. The van der Waals surface area contributed by atoms with Gasteiger partial charge in [-0.3, -0.25) is 0 Å². The molecule has 0 N–H and O–H groups in total. The molecule has 0 aliphatic heterocycles. The second kappa shape index (κ2) is 15.8. The van der Waals surface area contributed by atoms with Crippen molar-refractivity contribution in [1.82, 2.24) is 4.90 Å². The summed E-state index contributed by atoms with van der Waals surface area (Å²) in [6.07, 6.45) is 9.79. The Morgan fingerprint density at radius 2 is 1.29 bits per heavy atom. The van der Waals surface area contributed by atoms with E-state index < -0.39 is 26.5 Å². The van der Waals surface area contributed by atoms with Gasteiger partial charge in [-0.15, -0.1) is 0 Å². The van der Waals surface area contributed by atoms with Crippen molar-refractivity contribution in [2.24, 2.45) is 0 Å². The van der Waals surface area contributed by atoms with Crippen LogP contribution in [0.25, 0.3) is 0 Å². The van der Waals surface area contributed by atoms with E-state index in [1.165, 1.54) is 61.8 Å². The van der Waals surface area contributed by atoms with E-state index in [0.29, 0.717) is 0 Å². The second-order valence-electron chi connectivity index (χ2n) is 11.5. The molecule has 0 radical (unpaired) electrons. The Labute approximate surface area is 200 Å². The Morgan fingerprint density at radius 1 is 0.871 bits per heavy atom. The zero-order valence-corrected chi connectivity index (χ0v) is 26.6. The summed E-state index contributed by atoms with van der Waals surface area (Å²) in [5, 5.41) is 0. The Bertz CT molecular complexity index is 496. The van der Waals surface area contributed by atoms with E-state index in [1.807, 2.05) is 11.2 Å². The first kappa shape index (κ1) is 31.0. The first-order valence-electron chi connectivity index (χ1n) is 13.1. The first-order valence-corrected chi connectivity index (χ1v) is 24.9. The van der Waals surface area contributed by atoms with Crippen molar-refractivity contribution < 1.29 is 9.53 Å². The fraction of sp³-hybridized carbons (Fsp3) is 0.885. The summed E-state index contributed by atoms with van der Waals surface area (Å²) in [6, 6.07) is 1.46. The molecule has 5 heteroatoms. The molecule has 0 saturated heterocycles. The van der Waals surface area contributed by atoms with E-state index in [0.717, 1.165) is 6.04 Å². The molecule has 0 bridgehead atoms. The topological polar surface area (TPSA) is 29.5 Å². The molecule has 31 heavy (non-hydrogen) atoms. The van der Waals surface area contributed by atoms with Gasteiger partial charge in [0.05, 0.1) is 0 Å². The zero-order chi connectivity index (χ0) is 24.1. The number of nitrogens with zero attached hydrogens (tertiary/aromatic N) is 1. The Morgan fingerprint density at radius 3 is 1.61 bits per heavy atom. The van der Waals surface area contributed by atoms with E-state index in [2.05, 4.69) is 68.1 Å². The summed E-state index contributed by atoms with van der Waals surface area (Å²) in [6.45, 7) is 22.6. The Hall–Kier alpha value is 0.0256. The molecule has 0 aromatic heterocycles. The van der Waals surface area contributed by atoms with Crippen LogP contribution in [0.4, 0.5) is 4.79 Å². The molecule has 0 spiro atoms. The van der Waals surface area contributed by atoms with E-state index in [-0.39, 0.29) is 18.2 Å². The molecule has 3 nitrogen and oxygen atoms in total. The predicted octanol–water partition coefficient (Wildman–Crippen LogP) is 9.31. The van der Waals surface area contributed by atoms with Gasteiger partial charge in [-0.2, -0.15) is 0 Å². The van der Waals surface area contributed by atoms with E-state index >= 15 is 0 Å². The zero-order valence-electron chi connectivity index (χ0n) is 22.8. The van der Waals surface area contributed by atoms with Gasteiger partial charge in [0.15, 0.2) is 0 Å². The van der Waals surface area contributed by atoms with Crippen molar-refractivity contribution in [3.63, 3.8) is 0 Å². The number of ether oxygens (including phenoxy) is 1. The van der Waals surface area contributed by atoms with Crippen LogP contribution in [-0.4, -0.2) is 49.5 Å². The standard InChI is InChI=1S/C14H28NO2Si.3C4H9.Sn/c1-11(2)15(12(3)4)14(16)17-9-13(5)10-18(6,7)8;3*1-3-4-2;/h9,11-12H,5,10H2,1-4,6-8H3;3*1,3-4H2,2H3;/b13-9-;;;;. The quantitative estimate of drug-likeness (QED) is 0.139. The summed E-state index contributed by atoms with van der Waals surface area (Å²) in [4.78, 5) is 14.7. The molecule has 0 aliphatic carbocycles. The fourth-order valence-electron chi connectivity index (χ4n) is 4.82. The Kier molecular flexibility index (Phi) is 15.8. The van der Waals surface area contributed by atoms with Crippen LogP contribution >= 0.6 is 0 Å². The van der Waals surface area contributed by atoms with Gasteiger partial charge in [0.2, 0.25) is 0 Å². The Balaban J connectivity index is 5.84. The third-order valence-electron chi connectivity index (χ3n) is 6.19. The van der Waals surface area contributed by atoms with Gasteiger partial charge in [0, 0.05) is 0 Å². The van der Waals surface area contributed by atoms with Crippen molar-refractivity contribution >= 4 is 32.5 Å². The SMILES string of the molecule is CCC[CH2][Sn]([CH2]CCC)([CH2]CCC)[CH2]/C(=C/OC(=O)N(C(C)C)C(C)C)C[Si](C)(C)C. The molecule has 184 valence electrons. The van der Waals surface area contributed by atoms with Crippen LogP contribution in [0.3, 0.4) is 0 Å². The van der Waals surface area contributed by atoms with Gasteiger partial charge in [0.1, 0.15) is 0 Å². The summed E-state index contributed by atoms with van der Waals surface area (Å²) < 4.78 is 11.7. The number of hydrogen-bond donors (Lipinski definition) is 0. The van der Waals surface area contributed by atoms with Gasteiger partial charge in [-0.05, 0) is 0 Å². The summed E-state index contributed by atoms with van der Waals surface area (Å²) in [5.74, 6) is 0. The summed E-state index contributed by atoms with van der Waals surface area (Å²) in [5.41, 5.74) is 1.46. The van der Waals surface area contributed by atoms with E-state index in [9.17, 15) is 4.79 Å². The number of rotatable bonds is 16. The van der Waals surface area contributed by atoms with Crippen LogP contribution in [0, 0.1) is 0 Å². The van der Waals surface area contributed by atoms with Crippen LogP contribution in [0.5, 0.6) is 0 Å². The van der Waals surface area contributed by atoms with Crippen LogP contribution in [0.15, 0.2) is 11.8 Å². The van der Waals surface area contributed by atoms with Crippen LogP contribution in [0.1, 0.15) is 87.0 Å². The molecule has 0 aromatic rings. The molecule has 0 rings (SSSR count). The number of hydrogen-bond acceptors (Lipinski definition) is 2. The minimum absolute atomic E-state index is 0.151. The van der Waals surface area contributed by atoms with Crippen molar-refractivity contribution in [3.05, 3.63) is 11.8 Å². The van der Waals surface area contributed by atoms with Gasteiger partial charge in [-0.1, -0.05) is 0 Å². The molecular formula is C26H55NO2SiSn. The molecule has 0 fully saturated rings. The molecular weight excluding hydrogens is 505 g/mol. The average Bonchev–Trinajstić information content (AvgIpc) is 2.65. The van der Waals surface area contributed by atoms with Gasteiger partial charge < -0.3 is 0 Å². The number of carbonyl (C=O) groups excluding carboxylic acids is 1. The van der Waals surface area contributed by atoms with Crippen molar-refractivity contribution in [2.45, 2.75) is 143 Å². The number of amides is 1. The minimum atomic E-state index is -2.32. The van der Waals surface area contributed by atoms with Crippen molar-refractivity contribution in [1.29, 1.82) is 0 Å². The third-order valence-corrected chi connectivity index (χ3v) is 23.3. The average molecular weight is 561 g/mol. The van der Waals surface area contributed by atoms with E-state index in [1.54, 1.807) is 0 Å². The molecule has 0 atom stereocenters. The number of carbonyl (C=O) groups is 1. The molecule has 0 saturated carbocycles. The second-order valence-corrected chi connectivity index (χ2v) is 30.8. The maximum atomic E-state index is 12.9. The third kappa shape index (κ3) is 13.4. The van der Waals surface area contributed by atoms with Gasteiger partial charge >= 0.3 is 201 Å². The number of allylic oxidation sites excluding steroid dienone is 1. The molecule has 0 heterocycles. The maximum absolute atomic E-state index is 12.9. The predicted molar refractivity (Wildman–Crippen MR) is 145 cm³/mol. The molecule has 1 amide bonds. The number of unbranched alkanes of at least 4 members (excludes halogenated alkanes) is 3. The fourth-order valence-corrected chi connectivity index (χ4v) is 23.5. The van der Waals surface area contributed by atoms with Crippen LogP contribution in [-0.2, 0) is 4.74 Å². The molecule has 0 unspecified atom stereocenters. The summed E-state index contributed by atoms with van der Waals surface area (Å²) >= 11 is -2.32.